The zero-order valence-corrected chi connectivity index (χ0v) is 11.0. The lowest BCUT2D eigenvalue weighted by molar-refractivity contribution is 0.479. The van der Waals surface area contributed by atoms with Crippen LogP contribution in [0.25, 0.3) is 0 Å². The van der Waals surface area contributed by atoms with Gasteiger partial charge in [-0.25, -0.2) is 8.42 Å². The summed E-state index contributed by atoms with van der Waals surface area (Å²) < 4.78 is 26.1. The van der Waals surface area contributed by atoms with Gasteiger partial charge in [0.2, 0.25) is 0 Å². The first-order chi connectivity index (χ1) is 7.51. The molecule has 1 aromatic rings. The van der Waals surface area contributed by atoms with Crippen LogP contribution in [0.1, 0.15) is 17.7 Å². The van der Waals surface area contributed by atoms with Crippen LogP contribution in [0.4, 0.5) is 0 Å². The number of nitrogens with zero attached hydrogens (tertiary/aromatic N) is 1. The molecule has 0 radical (unpaired) electrons. The lowest BCUT2D eigenvalue weighted by Gasteiger charge is -2.13. The van der Waals surface area contributed by atoms with Gasteiger partial charge in [-0.15, -0.1) is 11.3 Å². The standard InChI is InChI=1S/C9H12N2O2S3/c10-9(14)7-3-4-8(15-7)16(12,13)11-5-1-2-6-11/h3-4H,1-2,5-6H2,(H2,10,14). The van der Waals surface area contributed by atoms with Gasteiger partial charge in [-0.3, -0.25) is 0 Å². The Morgan fingerprint density at radius 3 is 2.50 bits per heavy atom. The summed E-state index contributed by atoms with van der Waals surface area (Å²) in [5, 5.41) is 0. The Morgan fingerprint density at radius 1 is 1.38 bits per heavy atom. The maximum absolute atomic E-state index is 12.1. The Kier molecular flexibility index (Phi) is 3.29. The molecule has 0 amide bonds. The third-order valence-electron chi connectivity index (χ3n) is 2.48. The van der Waals surface area contributed by atoms with E-state index in [0.29, 0.717) is 22.2 Å². The molecule has 4 nitrogen and oxygen atoms in total. The Balaban J connectivity index is 2.31. The van der Waals surface area contributed by atoms with Crippen LogP contribution in [0.5, 0.6) is 0 Å². The average molecular weight is 276 g/mol. The maximum Gasteiger partial charge on any atom is 0.252 e. The van der Waals surface area contributed by atoms with E-state index >= 15 is 0 Å². The molecule has 1 aliphatic rings. The summed E-state index contributed by atoms with van der Waals surface area (Å²) in [6.07, 6.45) is 1.87. The van der Waals surface area contributed by atoms with E-state index in [1.54, 1.807) is 12.1 Å². The quantitative estimate of drug-likeness (QED) is 0.842. The Bertz CT molecular complexity index is 501. The first-order valence-electron chi connectivity index (χ1n) is 4.91. The smallest absolute Gasteiger partial charge is 0.252 e. The number of nitrogens with two attached hydrogens (primary N) is 1. The fourth-order valence-electron chi connectivity index (χ4n) is 1.65. The van der Waals surface area contributed by atoms with Crippen LogP contribution in [0.15, 0.2) is 16.3 Å². The van der Waals surface area contributed by atoms with E-state index in [1.165, 1.54) is 4.31 Å². The second-order valence-corrected chi connectivity index (χ2v) is 7.28. The number of rotatable bonds is 3. The molecule has 1 fully saturated rings. The summed E-state index contributed by atoms with van der Waals surface area (Å²) in [5.74, 6) is 0. The van der Waals surface area contributed by atoms with Crippen LogP contribution >= 0.6 is 23.6 Å². The van der Waals surface area contributed by atoms with Crippen molar-refractivity contribution in [3.63, 3.8) is 0 Å². The molecule has 0 bridgehead atoms. The van der Waals surface area contributed by atoms with E-state index < -0.39 is 10.0 Å². The topological polar surface area (TPSA) is 63.4 Å². The van der Waals surface area contributed by atoms with Gasteiger partial charge < -0.3 is 5.73 Å². The third-order valence-corrected chi connectivity index (χ3v) is 6.32. The van der Waals surface area contributed by atoms with Crippen molar-refractivity contribution in [2.24, 2.45) is 5.73 Å². The zero-order valence-electron chi connectivity index (χ0n) is 8.55. The zero-order chi connectivity index (χ0) is 11.8. The van der Waals surface area contributed by atoms with Crippen molar-refractivity contribution in [3.05, 3.63) is 17.0 Å². The molecule has 1 aliphatic heterocycles. The molecule has 0 saturated carbocycles. The third kappa shape index (κ3) is 2.13. The predicted molar refractivity (Wildman–Crippen MR) is 68.2 cm³/mol. The van der Waals surface area contributed by atoms with Crippen molar-refractivity contribution in [1.29, 1.82) is 0 Å². The van der Waals surface area contributed by atoms with E-state index in [4.69, 9.17) is 18.0 Å². The van der Waals surface area contributed by atoms with Crippen LogP contribution in [-0.2, 0) is 10.0 Å². The minimum Gasteiger partial charge on any atom is -0.389 e. The molecule has 2 N–H and O–H groups in total. The molecule has 1 aromatic heterocycles. The molecule has 2 heterocycles. The van der Waals surface area contributed by atoms with Gasteiger partial charge in [0.25, 0.3) is 10.0 Å². The van der Waals surface area contributed by atoms with Gasteiger partial charge in [0.05, 0.1) is 4.88 Å². The molecular formula is C9H12N2O2S3. The highest BCUT2D eigenvalue weighted by Crippen LogP contribution is 2.27. The molecule has 2 rings (SSSR count). The summed E-state index contributed by atoms with van der Waals surface area (Å²) in [6, 6.07) is 3.24. The fraction of sp³-hybridized carbons (Fsp3) is 0.444. The molecule has 0 aliphatic carbocycles. The van der Waals surface area contributed by atoms with Crippen molar-refractivity contribution in [1.82, 2.24) is 4.31 Å². The molecule has 0 spiro atoms. The molecule has 16 heavy (non-hydrogen) atoms. The molecule has 1 saturated heterocycles. The number of hydrogen-bond acceptors (Lipinski definition) is 4. The van der Waals surface area contributed by atoms with E-state index in [0.717, 1.165) is 24.2 Å². The summed E-state index contributed by atoms with van der Waals surface area (Å²) in [4.78, 5) is 0.889. The Hall–Kier alpha value is -0.500. The van der Waals surface area contributed by atoms with E-state index in [1.807, 2.05) is 0 Å². The van der Waals surface area contributed by atoms with Crippen LogP contribution in [0.3, 0.4) is 0 Å². The van der Waals surface area contributed by atoms with Crippen molar-refractivity contribution >= 4 is 38.6 Å². The minimum absolute atomic E-state index is 0.243. The van der Waals surface area contributed by atoms with Gasteiger partial charge >= 0.3 is 0 Å². The molecule has 0 atom stereocenters. The normalized spacial score (nSPS) is 17.8. The van der Waals surface area contributed by atoms with Gasteiger partial charge in [-0.1, -0.05) is 12.2 Å². The van der Waals surface area contributed by atoms with Crippen molar-refractivity contribution in [2.45, 2.75) is 17.1 Å². The summed E-state index contributed by atoms with van der Waals surface area (Å²) >= 11 is 5.95. The first kappa shape index (κ1) is 12.0. The number of thiophene rings is 1. The second-order valence-electron chi connectivity index (χ2n) is 3.59. The minimum atomic E-state index is -3.31. The fourth-order valence-corrected chi connectivity index (χ4v) is 4.67. The van der Waals surface area contributed by atoms with Crippen molar-refractivity contribution in [2.75, 3.05) is 13.1 Å². The van der Waals surface area contributed by atoms with Crippen molar-refractivity contribution in [3.8, 4) is 0 Å². The van der Waals surface area contributed by atoms with Gasteiger partial charge in [-0.05, 0) is 25.0 Å². The molecule has 88 valence electrons. The van der Waals surface area contributed by atoms with Crippen LogP contribution in [0.2, 0.25) is 0 Å². The van der Waals surface area contributed by atoms with Crippen LogP contribution < -0.4 is 5.73 Å². The number of sulfonamides is 1. The van der Waals surface area contributed by atoms with Crippen LogP contribution in [-0.4, -0.2) is 30.8 Å². The average Bonchev–Trinajstić information content (AvgIpc) is 2.90. The van der Waals surface area contributed by atoms with Gasteiger partial charge in [0, 0.05) is 13.1 Å². The lowest BCUT2D eigenvalue weighted by Crippen LogP contribution is -2.27. The monoisotopic (exact) mass is 276 g/mol. The molecule has 7 heteroatoms. The van der Waals surface area contributed by atoms with Gasteiger partial charge in [0.15, 0.2) is 0 Å². The summed E-state index contributed by atoms with van der Waals surface area (Å²) in [7, 11) is -3.31. The molecule has 0 aromatic carbocycles. The highest BCUT2D eigenvalue weighted by atomic mass is 32.2. The number of thiocarbonyl (C=S) groups is 1. The molecule has 0 unspecified atom stereocenters. The SMILES string of the molecule is NC(=S)c1ccc(S(=O)(=O)N2CCCC2)s1. The largest absolute Gasteiger partial charge is 0.389 e. The Morgan fingerprint density at radius 2 is 2.00 bits per heavy atom. The highest BCUT2D eigenvalue weighted by Gasteiger charge is 2.28. The second kappa shape index (κ2) is 4.40. The van der Waals surface area contributed by atoms with E-state index in [2.05, 4.69) is 0 Å². The first-order valence-corrected chi connectivity index (χ1v) is 7.58. The summed E-state index contributed by atoms with van der Waals surface area (Å²) in [5.41, 5.74) is 5.46. The Labute approximate surface area is 104 Å². The lowest BCUT2D eigenvalue weighted by atomic mass is 10.4. The molecular weight excluding hydrogens is 264 g/mol. The highest BCUT2D eigenvalue weighted by molar-refractivity contribution is 7.91. The van der Waals surface area contributed by atoms with E-state index in [-0.39, 0.29) is 4.99 Å². The maximum atomic E-state index is 12.1. The van der Waals surface area contributed by atoms with E-state index in [9.17, 15) is 8.42 Å². The van der Waals surface area contributed by atoms with Crippen molar-refractivity contribution < 1.29 is 8.42 Å². The number of hydrogen-bond donors (Lipinski definition) is 1. The van der Waals surface area contributed by atoms with Crippen LogP contribution in [0, 0.1) is 0 Å². The van der Waals surface area contributed by atoms with Gasteiger partial charge in [0.1, 0.15) is 9.20 Å². The van der Waals surface area contributed by atoms with Gasteiger partial charge in [-0.2, -0.15) is 4.31 Å². The summed E-state index contributed by atoms with van der Waals surface area (Å²) in [6.45, 7) is 1.23. The predicted octanol–water partition coefficient (Wildman–Crippen LogP) is 1.17.